The Hall–Kier alpha value is -2.80. The molecular weight excluding hydrogens is 253 g/mol. The molecule has 3 aromatic rings. The van der Waals surface area contributed by atoms with Crippen molar-refractivity contribution in [3.63, 3.8) is 0 Å². The Morgan fingerprint density at radius 3 is 2.80 bits per heavy atom. The molecule has 0 saturated heterocycles. The maximum atomic E-state index is 13.8. The fourth-order valence-corrected chi connectivity index (χ4v) is 2.30. The maximum absolute atomic E-state index is 13.8. The van der Waals surface area contributed by atoms with E-state index in [4.69, 9.17) is 11.0 Å². The number of hydrogen-bond donors (Lipinski definition) is 1. The van der Waals surface area contributed by atoms with Gasteiger partial charge in [0.2, 0.25) is 0 Å². The lowest BCUT2D eigenvalue weighted by atomic mass is 10.1. The number of aromatic nitrogens is 1. The van der Waals surface area contributed by atoms with Gasteiger partial charge in [-0.25, -0.2) is 4.39 Å². The lowest BCUT2D eigenvalue weighted by Crippen LogP contribution is -2.04. The Morgan fingerprint density at radius 1 is 1.20 bits per heavy atom. The van der Waals surface area contributed by atoms with Crippen molar-refractivity contribution in [3.05, 3.63) is 65.6 Å². The van der Waals surface area contributed by atoms with Crippen LogP contribution in [0.5, 0.6) is 0 Å². The molecule has 20 heavy (non-hydrogen) atoms. The number of nitrogens with zero attached hydrogens (tertiary/aromatic N) is 2. The third-order valence-corrected chi connectivity index (χ3v) is 3.39. The van der Waals surface area contributed by atoms with Crippen molar-refractivity contribution >= 4 is 16.6 Å². The SMILES string of the molecule is N#Cc1ccc2ccn(Cc3c(N)cccc3F)c2c1. The summed E-state index contributed by atoms with van der Waals surface area (Å²) in [7, 11) is 0. The highest BCUT2D eigenvalue weighted by Crippen LogP contribution is 2.22. The number of fused-ring (bicyclic) bond motifs is 1. The summed E-state index contributed by atoms with van der Waals surface area (Å²) < 4.78 is 15.7. The third kappa shape index (κ3) is 1.99. The van der Waals surface area contributed by atoms with Crippen LogP contribution < -0.4 is 5.73 Å². The monoisotopic (exact) mass is 265 g/mol. The van der Waals surface area contributed by atoms with Gasteiger partial charge < -0.3 is 10.3 Å². The highest BCUT2D eigenvalue weighted by Gasteiger charge is 2.09. The molecule has 0 unspecified atom stereocenters. The first kappa shape index (κ1) is 12.2. The fourth-order valence-electron chi connectivity index (χ4n) is 2.30. The molecule has 3 nitrogen and oxygen atoms in total. The average Bonchev–Trinajstić information content (AvgIpc) is 2.85. The molecule has 0 saturated carbocycles. The second kappa shape index (κ2) is 4.71. The molecule has 98 valence electrons. The first-order chi connectivity index (χ1) is 9.69. The van der Waals surface area contributed by atoms with Crippen molar-refractivity contribution in [2.45, 2.75) is 6.54 Å². The van der Waals surface area contributed by atoms with E-state index >= 15 is 0 Å². The van der Waals surface area contributed by atoms with E-state index in [1.165, 1.54) is 6.07 Å². The predicted octanol–water partition coefficient (Wildman–Crippen LogP) is 3.28. The summed E-state index contributed by atoms with van der Waals surface area (Å²) in [5.41, 5.74) is 8.21. The van der Waals surface area contributed by atoms with Crippen molar-refractivity contribution in [2.24, 2.45) is 0 Å². The van der Waals surface area contributed by atoms with Gasteiger partial charge in [0.15, 0.2) is 0 Å². The van der Waals surface area contributed by atoms with Crippen LogP contribution in [0.2, 0.25) is 0 Å². The zero-order valence-electron chi connectivity index (χ0n) is 10.7. The van der Waals surface area contributed by atoms with Crippen LogP contribution in [-0.2, 0) is 6.54 Å². The van der Waals surface area contributed by atoms with E-state index in [0.717, 1.165) is 10.9 Å². The lowest BCUT2D eigenvalue weighted by molar-refractivity contribution is 0.603. The van der Waals surface area contributed by atoms with Crippen molar-refractivity contribution in [1.82, 2.24) is 4.57 Å². The smallest absolute Gasteiger partial charge is 0.130 e. The normalized spacial score (nSPS) is 10.6. The molecule has 0 spiro atoms. The summed E-state index contributed by atoms with van der Waals surface area (Å²) >= 11 is 0. The molecule has 0 aliphatic heterocycles. The van der Waals surface area contributed by atoms with Gasteiger partial charge in [0.1, 0.15) is 5.82 Å². The Kier molecular flexibility index (Phi) is 2.88. The molecule has 0 fully saturated rings. The number of anilines is 1. The molecule has 0 amide bonds. The summed E-state index contributed by atoms with van der Waals surface area (Å²) in [6.45, 7) is 0.344. The molecule has 3 rings (SSSR count). The van der Waals surface area contributed by atoms with E-state index in [-0.39, 0.29) is 5.82 Å². The molecule has 2 N–H and O–H groups in total. The quantitative estimate of drug-likeness (QED) is 0.723. The third-order valence-electron chi connectivity index (χ3n) is 3.39. The number of benzene rings is 2. The van der Waals surface area contributed by atoms with Gasteiger partial charge in [-0.15, -0.1) is 0 Å². The molecular formula is C16H12FN3. The van der Waals surface area contributed by atoms with Gasteiger partial charge in [0.25, 0.3) is 0 Å². The summed E-state index contributed by atoms with van der Waals surface area (Å²) in [5, 5.41) is 9.98. The summed E-state index contributed by atoms with van der Waals surface area (Å²) in [6, 6.07) is 14.2. The molecule has 0 atom stereocenters. The Balaban J connectivity index is 2.09. The molecule has 4 heteroatoms. The fraction of sp³-hybridized carbons (Fsp3) is 0.0625. The van der Waals surface area contributed by atoms with Gasteiger partial charge in [0, 0.05) is 23.0 Å². The average molecular weight is 265 g/mol. The van der Waals surface area contributed by atoms with Crippen LogP contribution in [-0.4, -0.2) is 4.57 Å². The van der Waals surface area contributed by atoms with E-state index in [0.29, 0.717) is 23.4 Å². The van der Waals surface area contributed by atoms with Gasteiger partial charge in [-0.1, -0.05) is 12.1 Å². The minimum atomic E-state index is -0.316. The van der Waals surface area contributed by atoms with E-state index < -0.39 is 0 Å². The van der Waals surface area contributed by atoms with Gasteiger partial charge in [-0.2, -0.15) is 5.26 Å². The molecule has 1 aromatic heterocycles. The maximum Gasteiger partial charge on any atom is 0.130 e. The van der Waals surface area contributed by atoms with Crippen LogP contribution in [0.25, 0.3) is 10.9 Å². The number of halogens is 1. The van der Waals surface area contributed by atoms with Crippen LogP contribution in [0.15, 0.2) is 48.7 Å². The number of hydrogen-bond acceptors (Lipinski definition) is 2. The van der Waals surface area contributed by atoms with Gasteiger partial charge >= 0.3 is 0 Å². The first-order valence-corrected chi connectivity index (χ1v) is 6.21. The van der Waals surface area contributed by atoms with E-state index in [2.05, 4.69) is 6.07 Å². The second-order valence-electron chi connectivity index (χ2n) is 4.64. The molecule has 0 bridgehead atoms. The van der Waals surface area contributed by atoms with Crippen LogP contribution in [0.4, 0.5) is 10.1 Å². The molecule has 1 heterocycles. The minimum Gasteiger partial charge on any atom is -0.398 e. The summed E-state index contributed by atoms with van der Waals surface area (Å²) in [6.07, 6.45) is 1.87. The number of nitrogen functional groups attached to an aromatic ring is 1. The molecule has 0 aliphatic carbocycles. The number of rotatable bonds is 2. The van der Waals surface area contributed by atoms with Gasteiger partial charge in [-0.3, -0.25) is 0 Å². The zero-order valence-corrected chi connectivity index (χ0v) is 10.7. The predicted molar refractivity (Wildman–Crippen MR) is 76.6 cm³/mol. The number of nitrogens with two attached hydrogens (primary N) is 1. The van der Waals surface area contributed by atoms with Crippen LogP contribution in [0.3, 0.4) is 0 Å². The zero-order chi connectivity index (χ0) is 14.1. The Morgan fingerprint density at radius 2 is 2.05 bits per heavy atom. The van der Waals surface area contributed by atoms with Crippen molar-refractivity contribution in [3.8, 4) is 6.07 Å². The number of nitriles is 1. The van der Waals surface area contributed by atoms with Crippen molar-refractivity contribution in [1.29, 1.82) is 5.26 Å². The minimum absolute atomic E-state index is 0.316. The highest BCUT2D eigenvalue weighted by molar-refractivity contribution is 5.81. The van der Waals surface area contributed by atoms with Gasteiger partial charge in [-0.05, 0) is 35.7 Å². The molecule has 2 aromatic carbocycles. The first-order valence-electron chi connectivity index (χ1n) is 6.21. The van der Waals surface area contributed by atoms with E-state index in [9.17, 15) is 4.39 Å². The van der Waals surface area contributed by atoms with Crippen molar-refractivity contribution in [2.75, 3.05) is 5.73 Å². The van der Waals surface area contributed by atoms with E-state index in [1.807, 2.05) is 22.9 Å². The largest absolute Gasteiger partial charge is 0.398 e. The highest BCUT2D eigenvalue weighted by atomic mass is 19.1. The topological polar surface area (TPSA) is 54.7 Å². The van der Waals surface area contributed by atoms with Gasteiger partial charge in [0.05, 0.1) is 18.2 Å². The molecule has 0 radical (unpaired) electrons. The van der Waals surface area contributed by atoms with Crippen LogP contribution >= 0.6 is 0 Å². The standard InChI is InChI=1S/C16H12FN3/c17-14-2-1-3-15(19)13(14)10-20-7-6-12-5-4-11(9-18)8-16(12)20/h1-8H,10,19H2. The van der Waals surface area contributed by atoms with E-state index in [1.54, 1.807) is 24.3 Å². The second-order valence-corrected chi connectivity index (χ2v) is 4.64. The Bertz CT molecular complexity index is 807. The van der Waals surface area contributed by atoms with Crippen molar-refractivity contribution < 1.29 is 4.39 Å². The van der Waals surface area contributed by atoms with Crippen LogP contribution in [0.1, 0.15) is 11.1 Å². The lowest BCUT2D eigenvalue weighted by Gasteiger charge is -2.09. The summed E-state index contributed by atoms with van der Waals surface area (Å²) in [5.74, 6) is -0.316. The van der Waals surface area contributed by atoms with Crippen LogP contribution in [0, 0.1) is 17.1 Å². The Labute approximate surface area is 115 Å². The molecule has 0 aliphatic rings. The summed E-state index contributed by atoms with van der Waals surface area (Å²) in [4.78, 5) is 0.